The molecule has 1 radical (unpaired) electrons. The number of ether oxygens (including phenoxy) is 1. The van der Waals surface area contributed by atoms with Crippen LogP contribution in [0.3, 0.4) is 0 Å². The summed E-state index contributed by atoms with van der Waals surface area (Å²) in [6, 6.07) is 0. The fraction of sp³-hybridized carbons (Fsp3) is 0.875. The van der Waals surface area contributed by atoms with E-state index in [9.17, 15) is 0 Å². The van der Waals surface area contributed by atoms with E-state index >= 15 is 0 Å². The van der Waals surface area contributed by atoms with Gasteiger partial charge in [0.05, 0.1) is 6.61 Å². The van der Waals surface area contributed by atoms with Gasteiger partial charge in [0, 0.05) is 6.61 Å². The van der Waals surface area contributed by atoms with Gasteiger partial charge < -0.3 is 4.74 Å². The Kier molecular flexibility index (Phi) is 1.10. The van der Waals surface area contributed by atoms with Crippen LogP contribution in [-0.4, -0.2) is 13.2 Å². The summed E-state index contributed by atoms with van der Waals surface area (Å²) in [4.78, 5) is 0. The van der Waals surface area contributed by atoms with Crippen molar-refractivity contribution in [2.45, 2.75) is 26.2 Å². The van der Waals surface area contributed by atoms with Gasteiger partial charge in [-0.1, -0.05) is 0 Å². The Morgan fingerprint density at radius 1 is 1.44 bits per heavy atom. The molecule has 3 rings (SSSR count). The van der Waals surface area contributed by atoms with Crippen LogP contribution in [0.1, 0.15) is 26.2 Å². The van der Waals surface area contributed by atoms with Crippen molar-refractivity contribution in [1.29, 1.82) is 0 Å². The molecule has 0 amide bonds. The van der Waals surface area contributed by atoms with Crippen molar-refractivity contribution in [2.24, 2.45) is 5.41 Å². The molecule has 3 aliphatic rings. The summed E-state index contributed by atoms with van der Waals surface area (Å²) in [5.41, 5.74) is 0.658. The third-order valence-corrected chi connectivity index (χ3v) is 2.49. The van der Waals surface area contributed by atoms with Crippen molar-refractivity contribution in [1.82, 2.24) is 0 Å². The van der Waals surface area contributed by atoms with Crippen molar-refractivity contribution >= 4 is 0 Å². The summed E-state index contributed by atoms with van der Waals surface area (Å²) in [7, 11) is 0. The van der Waals surface area contributed by atoms with Gasteiger partial charge in [0.25, 0.3) is 0 Å². The maximum atomic E-state index is 5.36. The molecule has 0 N–H and O–H groups in total. The van der Waals surface area contributed by atoms with E-state index in [-0.39, 0.29) is 0 Å². The standard InChI is InChI=1S/C8H13O/c1-2-9-6-8-3-7(4-8)5-8/h2-6H2,1H3. The highest BCUT2D eigenvalue weighted by molar-refractivity contribution is 5.26. The van der Waals surface area contributed by atoms with Gasteiger partial charge in [-0.05, 0) is 37.5 Å². The molecule has 0 unspecified atom stereocenters. The Morgan fingerprint density at radius 2 is 2.11 bits per heavy atom. The predicted octanol–water partition coefficient (Wildman–Crippen LogP) is 1.78. The molecule has 2 bridgehead atoms. The number of hydrogen-bond acceptors (Lipinski definition) is 1. The SMILES string of the molecule is CCOCC12C[C](C1)C2. The van der Waals surface area contributed by atoms with Gasteiger partial charge in [0.1, 0.15) is 0 Å². The molecule has 0 saturated heterocycles. The summed E-state index contributed by atoms with van der Waals surface area (Å²) in [6.45, 7) is 3.97. The van der Waals surface area contributed by atoms with Gasteiger partial charge in [-0.2, -0.15) is 0 Å². The van der Waals surface area contributed by atoms with Crippen LogP contribution >= 0.6 is 0 Å². The number of rotatable bonds is 3. The highest BCUT2D eigenvalue weighted by Gasteiger charge is 2.56. The molecule has 9 heavy (non-hydrogen) atoms. The lowest BCUT2D eigenvalue weighted by molar-refractivity contribution is -0.0614. The molecule has 3 saturated carbocycles. The Labute approximate surface area is 56.4 Å². The fourth-order valence-electron chi connectivity index (χ4n) is 1.91. The lowest BCUT2D eigenvalue weighted by Gasteiger charge is -2.61. The second-order valence-corrected chi connectivity index (χ2v) is 3.42. The molecular formula is C8H13O. The second-order valence-electron chi connectivity index (χ2n) is 3.42. The molecule has 0 aromatic carbocycles. The Hall–Kier alpha value is -0.0400. The van der Waals surface area contributed by atoms with Gasteiger partial charge >= 0.3 is 0 Å². The quantitative estimate of drug-likeness (QED) is 0.558. The normalized spacial score (nSPS) is 29.0. The molecule has 0 aliphatic heterocycles. The van der Waals surface area contributed by atoms with Gasteiger partial charge in [-0.3, -0.25) is 0 Å². The molecule has 3 fully saturated rings. The van der Waals surface area contributed by atoms with E-state index in [1.165, 1.54) is 19.3 Å². The van der Waals surface area contributed by atoms with Crippen LogP contribution < -0.4 is 0 Å². The van der Waals surface area contributed by atoms with Gasteiger partial charge in [0.15, 0.2) is 0 Å². The van der Waals surface area contributed by atoms with Crippen molar-refractivity contribution in [3.05, 3.63) is 5.92 Å². The Balaban J connectivity index is 1.73. The lowest BCUT2D eigenvalue weighted by Crippen LogP contribution is -2.52. The summed E-state index contributed by atoms with van der Waals surface area (Å²) >= 11 is 0. The summed E-state index contributed by atoms with van der Waals surface area (Å²) < 4.78 is 5.36. The van der Waals surface area contributed by atoms with E-state index in [1.54, 1.807) is 5.92 Å². The smallest absolute Gasteiger partial charge is 0.0522 e. The molecule has 1 heteroatoms. The molecule has 0 aromatic heterocycles. The van der Waals surface area contributed by atoms with Crippen LogP contribution in [0.25, 0.3) is 0 Å². The van der Waals surface area contributed by atoms with Gasteiger partial charge in [-0.15, -0.1) is 0 Å². The molecule has 0 atom stereocenters. The molecule has 51 valence electrons. The van der Waals surface area contributed by atoms with Gasteiger partial charge in [-0.25, -0.2) is 0 Å². The van der Waals surface area contributed by atoms with Crippen molar-refractivity contribution in [2.75, 3.05) is 13.2 Å². The van der Waals surface area contributed by atoms with Crippen LogP contribution in [0.15, 0.2) is 0 Å². The molecule has 0 heterocycles. The zero-order chi connectivity index (χ0) is 6.32. The first kappa shape index (κ1) is 5.72. The largest absolute Gasteiger partial charge is 0.381 e. The zero-order valence-electron chi connectivity index (χ0n) is 5.94. The van der Waals surface area contributed by atoms with Crippen molar-refractivity contribution < 1.29 is 4.74 Å². The summed E-state index contributed by atoms with van der Waals surface area (Å²) in [5, 5.41) is 0. The highest BCUT2D eigenvalue weighted by Crippen LogP contribution is 2.65. The van der Waals surface area contributed by atoms with E-state index in [0.717, 1.165) is 13.2 Å². The Bertz CT molecular complexity index is 103. The monoisotopic (exact) mass is 125 g/mol. The van der Waals surface area contributed by atoms with Crippen molar-refractivity contribution in [3.8, 4) is 0 Å². The molecular weight excluding hydrogens is 112 g/mol. The zero-order valence-corrected chi connectivity index (χ0v) is 5.94. The van der Waals surface area contributed by atoms with E-state index in [1.807, 2.05) is 0 Å². The first-order valence-electron chi connectivity index (χ1n) is 3.76. The lowest BCUT2D eigenvalue weighted by atomic mass is 9.45. The molecule has 1 nitrogen and oxygen atoms in total. The maximum Gasteiger partial charge on any atom is 0.0522 e. The average molecular weight is 125 g/mol. The minimum atomic E-state index is 0.658. The van der Waals surface area contributed by atoms with Gasteiger partial charge in [0.2, 0.25) is 0 Å². The Morgan fingerprint density at radius 3 is 2.44 bits per heavy atom. The van der Waals surface area contributed by atoms with Crippen LogP contribution in [0, 0.1) is 11.3 Å². The molecule has 0 aromatic rings. The van der Waals surface area contributed by atoms with E-state index in [4.69, 9.17) is 4.74 Å². The number of hydrogen-bond donors (Lipinski definition) is 0. The predicted molar refractivity (Wildman–Crippen MR) is 36.0 cm³/mol. The summed E-state index contributed by atoms with van der Waals surface area (Å²) in [5.74, 6) is 1.77. The van der Waals surface area contributed by atoms with Crippen molar-refractivity contribution in [3.63, 3.8) is 0 Å². The first-order valence-corrected chi connectivity index (χ1v) is 3.76. The molecule has 3 aliphatic carbocycles. The van der Waals surface area contributed by atoms with Crippen LogP contribution in [-0.2, 0) is 4.74 Å². The summed E-state index contributed by atoms with van der Waals surface area (Å²) in [6.07, 6.45) is 4.15. The van der Waals surface area contributed by atoms with E-state index < -0.39 is 0 Å². The van der Waals surface area contributed by atoms with Crippen LogP contribution in [0.2, 0.25) is 0 Å². The van der Waals surface area contributed by atoms with E-state index in [0.29, 0.717) is 5.41 Å². The fourth-order valence-corrected chi connectivity index (χ4v) is 1.91. The second kappa shape index (κ2) is 1.72. The third kappa shape index (κ3) is 0.710. The highest BCUT2D eigenvalue weighted by atomic mass is 16.5. The third-order valence-electron chi connectivity index (χ3n) is 2.49. The topological polar surface area (TPSA) is 9.23 Å². The van der Waals surface area contributed by atoms with Crippen LogP contribution in [0.4, 0.5) is 0 Å². The minimum Gasteiger partial charge on any atom is -0.381 e. The van der Waals surface area contributed by atoms with Crippen LogP contribution in [0.5, 0.6) is 0 Å². The van der Waals surface area contributed by atoms with E-state index in [2.05, 4.69) is 6.92 Å². The first-order chi connectivity index (χ1) is 4.35. The molecule has 0 spiro atoms. The minimum absolute atomic E-state index is 0.658. The maximum absolute atomic E-state index is 5.36. The average Bonchev–Trinajstić information content (AvgIpc) is 1.59.